The van der Waals surface area contributed by atoms with E-state index in [1.165, 1.54) is 29.2 Å². The predicted octanol–water partition coefficient (Wildman–Crippen LogP) is 0.275. The van der Waals surface area contributed by atoms with E-state index in [-0.39, 0.29) is 0 Å². The van der Waals surface area contributed by atoms with E-state index in [4.69, 9.17) is 0 Å². The second-order valence-electron chi connectivity index (χ2n) is 4.49. The molecular formula is C13H10F3N3O4S. The number of aromatic nitrogens is 1. The molecule has 2 rings (SSSR count). The van der Waals surface area contributed by atoms with E-state index in [1.807, 2.05) is 0 Å². The third kappa shape index (κ3) is 3.81. The minimum atomic E-state index is -4.68. The number of sulfonamides is 1. The number of nitrogens with zero attached hydrogens (tertiary/aromatic N) is 1. The Morgan fingerprint density at radius 3 is 2.46 bits per heavy atom. The highest BCUT2D eigenvalue weighted by atomic mass is 32.2. The second-order valence-corrected chi connectivity index (χ2v) is 6.14. The number of nitrogens with one attached hydrogen (secondary N) is 2. The monoisotopic (exact) mass is 361 g/mol. The van der Waals surface area contributed by atoms with Crippen LogP contribution in [0, 0.1) is 17.5 Å². The van der Waals surface area contributed by atoms with Crippen molar-refractivity contribution in [1.82, 2.24) is 14.8 Å². The molecule has 0 aliphatic carbocycles. The number of carbonyl (C=O) groups is 1. The van der Waals surface area contributed by atoms with Gasteiger partial charge in [0.25, 0.3) is 21.5 Å². The van der Waals surface area contributed by atoms with E-state index in [0.29, 0.717) is 12.1 Å². The summed E-state index contributed by atoms with van der Waals surface area (Å²) in [7, 11) is -4.68. The Morgan fingerprint density at radius 2 is 1.79 bits per heavy atom. The number of benzene rings is 1. The first-order valence-electron chi connectivity index (χ1n) is 6.32. The van der Waals surface area contributed by atoms with Crippen LogP contribution in [-0.2, 0) is 21.4 Å². The number of halogens is 3. The number of amides is 1. The summed E-state index contributed by atoms with van der Waals surface area (Å²) < 4.78 is 64.0. The zero-order valence-corrected chi connectivity index (χ0v) is 12.6. The molecule has 0 saturated heterocycles. The Kier molecular flexibility index (Phi) is 5.04. The summed E-state index contributed by atoms with van der Waals surface area (Å²) in [5.74, 6) is -6.37. The molecule has 1 heterocycles. The first-order chi connectivity index (χ1) is 11.2. The Labute approximate surface area is 133 Å². The molecule has 0 aliphatic rings. The maximum Gasteiger partial charge on any atom is 0.260 e. The number of hydrogen-bond acceptors (Lipinski definition) is 4. The number of rotatable bonds is 5. The SMILES string of the molecule is O=C(Cn1ccccc1=O)NNS(=O)(=O)c1ccc(F)c(F)c1F. The quantitative estimate of drug-likeness (QED) is 0.590. The molecule has 2 N–H and O–H groups in total. The van der Waals surface area contributed by atoms with Gasteiger partial charge in [-0.1, -0.05) is 6.07 Å². The molecule has 24 heavy (non-hydrogen) atoms. The van der Waals surface area contributed by atoms with Crippen LogP contribution < -0.4 is 15.8 Å². The van der Waals surface area contributed by atoms with Gasteiger partial charge in [-0.2, -0.15) is 0 Å². The van der Waals surface area contributed by atoms with Crippen molar-refractivity contribution in [2.45, 2.75) is 11.4 Å². The lowest BCUT2D eigenvalue weighted by Crippen LogP contribution is -2.44. The molecule has 0 aliphatic heterocycles. The molecule has 11 heteroatoms. The number of pyridine rings is 1. The van der Waals surface area contributed by atoms with Gasteiger partial charge < -0.3 is 4.57 Å². The van der Waals surface area contributed by atoms with Crippen molar-refractivity contribution in [3.63, 3.8) is 0 Å². The Balaban J connectivity index is 2.11. The Morgan fingerprint density at radius 1 is 1.08 bits per heavy atom. The lowest BCUT2D eigenvalue weighted by Gasteiger charge is -2.10. The number of hydrazine groups is 1. The summed E-state index contributed by atoms with van der Waals surface area (Å²) >= 11 is 0. The average molecular weight is 361 g/mol. The van der Waals surface area contributed by atoms with Gasteiger partial charge in [-0.05, 0) is 18.2 Å². The third-order valence-corrected chi connectivity index (χ3v) is 4.09. The zero-order valence-electron chi connectivity index (χ0n) is 11.8. The van der Waals surface area contributed by atoms with Crippen LogP contribution in [0.25, 0.3) is 0 Å². The van der Waals surface area contributed by atoms with Crippen LogP contribution >= 0.6 is 0 Å². The van der Waals surface area contributed by atoms with Crippen LogP contribution in [0.2, 0.25) is 0 Å². The van der Waals surface area contributed by atoms with E-state index in [1.54, 1.807) is 5.43 Å². The van der Waals surface area contributed by atoms with Gasteiger partial charge in [0.05, 0.1) is 0 Å². The lowest BCUT2D eigenvalue weighted by atomic mass is 10.3. The first kappa shape index (κ1) is 17.7. The van der Waals surface area contributed by atoms with Gasteiger partial charge in [0, 0.05) is 12.3 Å². The van der Waals surface area contributed by atoms with E-state index in [2.05, 4.69) is 0 Å². The van der Waals surface area contributed by atoms with E-state index in [9.17, 15) is 31.2 Å². The predicted molar refractivity (Wildman–Crippen MR) is 75.5 cm³/mol. The summed E-state index contributed by atoms with van der Waals surface area (Å²) in [6.07, 6.45) is 1.30. The molecule has 1 aromatic carbocycles. The fraction of sp³-hybridized carbons (Fsp3) is 0.0769. The molecule has 128 valence electrons. The van der Waals surface area contributed by atoms with Crippen LogP contribution in [0.1, 0.15) is 0 Å². The second kappa shape index (κ2) is 6.84. The highest BCUT2D eigenvalue weighted by Crippen LogP contribution is 2.18. The van der Waals surface area contributed by atoms with Gasteiger partial charge in [0.15, 0.2) is 17.5 Å². The van der Waals surface area contributed by atoms with Crippen LogP contribution in [0.5, 0.6) is 0 Å². The van der Waals surface area contributed by atoms with Crippen molar-refractivity contribution in [3.05, 3.63) is 64.3 Å². The molecule has 1 aromatic heterocycles. The molecule has 7 nitrogen and oxygen atoms in total. The van der Waals surface area contributed by atoms with E-state index < -0.39 is 50.4 Å². The van der Waals surface area contributed by atoms with Crippen LogP contribution in [-0.4, -0.2) is 18.9 Å². The van der Waals surface area contributed by atoms with Crippen molar-refractivity contribution in [1.29, 1.82) is 0 Å². The average Bonchev–Trinajstić information content (AvgIpc) is 2.53. The van der Waals surface area contributed by atoms with Crippen LogP contribution in [0.4, 0.5) is 13.2 Å². The fourth-order valence-electron chi connectivity index (χ4n) is 1.68. The smallest absolute Gasteiger partial charge is 0.260 e. The number of hydrogen-bond donors (Lipinski definition) is 2. The molecular weight excluding hydrogens is 351 g/mol. The summed E-state index contributed by atoms with van der Waals surface area (Å²) in [6.45, 7) is -0.511. The van der Waals surface area contributed by atoms with Gasteiger partial charge in [0.1, 0.15) is 11.4 Å². The summed E-state index contributed by atoms with van der Waals surface area (Å²) in [5.41, 5.74) is 1.24. The Hall–Kier alpha value is -2.66. The molecule has 0 saturated carbocycles. The van der Waals surface area contributed by atoms with Crippen molar-refractivity contribution < 1.29 is 26.4 Å². The summed E-state index contributed by atoms with van der Waals surface area (Å²) in [4.78, 5) is 23.4. The van der Waals surface area contributed by atoms with Crippen LogP contribution in [0.15, 0.2) is 46.2 Å². The van der Waals surface area contributed by atoms with E-state index >= 15 is 0 Å². The minimum Gasteiger partial charge on any atom is -0.306 e. The van der Waals surface area contributed by atoms with Crippen molar-refractivity contribution >= 4 is 15.9 Å². The van der Waals surface area contributed by atoms with Gasteiger partial charge in [0.2, 0.25) is 0 Å². The molecule has 0 fully saturated rings. The molecule has 0 atom stereocenters. The van der Waals surface area contributed by atoms with Gasteiger partial charge in [-0.15, -0.1) is 4.83 Å². The Bertz CT molecular complexity index is 944. The molecule has 0 radical (unpaired) electrons. The molecule has 0 spiro atoms. The standard InChI is InChI=1S/C13H10F3N3O4S/c14-8-4-5-9(13(16)12(8)15)24(22,23)18-17-10(20)7-19-6-2-1-3-11(19)21/h1-6,18H,7H2,(H,17,20). The van der Waals surface area contributed by atoms with E-state index in [0.717, 1.165) is 4.57 Å². The maximum absolute atomic E-state index is 13.5. The number of carbonyl (C=O) groups excluding carboxylic acids is 1. The van der Waals surface area contributed by atoms with Gasteiger partial charge >= 0.3 is 0 Å². The highest BCUT2D eigenvalue weighted by Gasteiger charge is 2.24. The molecule has 1 amide bonds. The first-order valence-corrected chi connectivity index (χ1v) is 7.80. The summed E-state index contributed by atoms with van der Waals surface area (Å²) in [5, 5.41) is 0. The fourth-order valence-corrected chi connectivity index (χ4v) is 2.61. The summed E-state index contributed by atoms with van der Waals surface area (Å²) in [6, 6.07) is 5.05. The lowest BCUT2D eigenvalue weighted by molar-refractivity contribution is -0.122. The van der Waals surface area contributed by atoms with Crippen molar-refractivity contribution in [3.8, 4) is 0 Å². The van der Waals surface area contributed by atoms with Crippen molar-refractivity contribution in [2.24, 2.45) is 0 Å². The molecule has 2 aromatic rings. The molecule has 0 bridgehead atoms. The van der Waals surface area contributed by atoms with Gasteiger partial charge in [-0.3, -0.25) is 15.0 Å². The molecule has 0 unspecified atom stereocenters. The van der Waals surface area contributed by atoms with Crippen molar-refractivity contribution in [2.75, 3.05) is 0 Å². The third-order valence-electron chi connectivity index (χ3n) is 2.83. The van der Waals surface area contributed by atoms with Crippen LogP contribution in [0.3, 0.4) is 0 Å². The highest BCUT2D eigenvalue weighted by molar-refractivity contribution is 7.89. The topological polar surface area (TPSA) is 97.3 Å². The maximum atomic E-state index is 13.5. The zero-order chi connectivity index (χ0) is 17.9. The largest absolute Gasteiger partial charge is 0.306 e. The minimum absolute atomic E-state index is 0.429. The van der Waals surface area contributed by atoms with Gasteiger partial charge in [-0.25, -0.2) is 21.6 Å². The normalized spacial score (nSPS) is 11.3.